The third-order valence-corrected chi connectivity index (χ3v) is 5.38. The van der Waals surface area contributed by atoms with Crippen molar-refractivity contribution in [1.82, 2.24) is 14.8 Å². The van der Waals surface area contributed by atoms with E-state index in [1.807, 2.05) is 32.9 Å². The summed E-state index contributed by atoms with van der Waals surface area (Å²) < 4.78 is 16.9. The number of morpholine rings is 1. The van der Waals surface area contributed by atoms with Crippen LogP contribution in [-0.2, 0) is 16.0 Å². The van der Waals surface area contributed by atoms with Gasteiger partial charge in [0.05, 0.1) is 24.9 Å². The second kappa shape index (κ2) is 8.11. The zero-order valence-corrected chi connectivity index (χ0v) is 16.9. The molecule has 1 N–H and O–H groups in total. The van der Waals surface area contributed by atoms with Gasteiger partial charge in [0, 0.05) is 54.9 Å². The van der Waals surface area contributed by atoms with Crippen molar-refractivity contribution in [3.63, 3.8) is 0 Å². The highest BCUT2D eigenvalue weighted by molar-refractivity contribution is 6.07. The van der Waals surface area contributed by atoms with E-state index in [4.69, 9.17) is 14.2 Å². The molecule has 0 saturated carbocycles. The summed E-state index contributed by atoms with van der Waals surface area (Å²) in [5.74, 6) is 0.574. The Bertz CT molecular complexity index is 855. The van der Waals surface area contributed by atoms with Crippen LogP contribution >= 0.6 is 0 Å². The van der Waals surface area contributed by atoms with E-state index in [2.05, 4.69) is 14.8 Å². The zero-order chi connectivity index (χ0) is 19.7. The lowest BCUT2D eigenvalue weighted by Crippen LogP contribution is -2.43. The number of aromatic amines is 1. The van der Waals surface area contributed by atoms with Crippen LogP contribution in [0.3, 0.4) is 0 Å². The predicted molar refractivity (Wildman–Crippen MR) is 107 cm³/mol. The Morgan fingerprint density at radius 3 is 2.71 bits per heavy atom. The molecule has 7 nitrogen and oxygen atoms in total. The molecule has 0 unspecified atom stereocenters. The number of carbonyl (C=O) groups is 1. The number of aromatic nitrogens is 1. The number of fused-ring (bicyclic) bond motifs is 3. The number of rotatable bonds is 5. The monoisotopic (exact) mass is 387 g/mol. The molecule has 1 aromatic carbocycles. The van der Waals surface area contributed by atoms with E-state index in [0.717, 1.165) is 73.8 Å². The quantitative estimate of drug-likeness (QED) is 0.796. The highest BCUT2D eigenvalue weighted by Gasteiger charge is 2.27. The van der Waals surface area contributed by atoms with Crippen LogP contribution in [0.2, 0.25) is 0 Å². The normalized spacial score (nSPS) is 18.3. The number of aryl methyl sites for hydroxylation is 1. The molecule has 1 saturated heterocycles. The minimum absolute atomic E-state index is 0.155. The minimum atomic E-state index is -0.280. The second-order valence-electron chi connectivity index (χ2n) is 7.82. The number of ether oxygens (including phenoxy) is 3. The van der Waals surface area contributed by atoms with Gasteiger partial charge < -0.3 is 19.2 Å². The third-order valence-electron chi connectivity index (χ3n) is 5.38. The summed E-state index contributed by atoms with van der Waals surface area (Å²) in [5.41, 5.74) is 3.47. The van der Waals surface area contributed by atoms with Gasteiger partial charge in [-0.25, -0.2) is 4.79 Å². The maximum atomic E-state index is 12.7. The second-order valence-corrected chi connectivity index (χ2v) is 7.82. The fourth-order valence-corrected chi connectivity index (χ4v) is 3.97. The van der Waals surface area contributed by atoms with Crippen LogP contribution in [-0.4, -0.2) is 73.0 Å². The number of hydrogen-bond acceptors (Lipinski definition) is 6. The molecule has 28 heavy (non-hydrogen) atoms. The van der Waals surface area contributed by atoms with E-state index in [0.29, 0.717) is 12.3 Å². The molecule has 0 bridgehead atoms. The van der Waals surface area contributed by atoms with Gasteiger partial charge in [0.2, 0.25) is 0 Å². The summed E-state index contributed by atoms with van der Waals surface area (Å²) in [7, 11) is 0. The number of esters is 1. The van der Waals surface area contributed by atoms with Crippen molar-refractivity contribution in [3.8, 4) is 5.75 Å². The first-order valence-corrected chi connectivity index (χ1v) is 10.0. The van der Waals surface area contributed by atoms with Gasteiger partial charge in [-0.05, 0) is 32.9 Å². The fraction of sp³-hybridized carbons (Fsp3) is 0.571. The lowest BCUT2D eigenvalue weighted by atomic mass is 10.0. The van der Waals surface area contributed by atoms with Gasteiger partial charge in [0.25, 0.3) is 0 Å². The van der Waals surface area contributed by atoms with E-state index in [9.17, 15) is 4.79 Å². The van der Waals surface area contributed by atoms with Crippen molar-refractivity contribution in [2.24, 2.45) is 0 Å². The van der Waals surface area contributed by atoms with Crippen LogP contribution in [0.15, 0.2) is 12.1 Å². The maximum absolute atomic E-state index is 12.7. The van der Waals surface area contributed by atoms with Gasteiger partial charge in [-0.3, -0.25) is 9.80 Å². The van der Waals surface area contributed by atoms with Gasteiger partial charge in [-0.1, -0.05) is 0 Å². The van der Waals surface area contributed by atoms with Crippen molar-refractivity contribution in [1.29, 1.82) is 0 Å². The van der Waals surface area contributed by atoms with Crippen LogP contribution in [0, 0.1) is 6.92 Å². The Morgan fingerprint density at radius 1 is 1.21 bits per heavy atom. The molecular formula is C21H29N3O4. The molecule has 2 aromatic rings. The number of carbonyl (C=O) groups excluding carboxylic acids is 1. The van der Waals surface area contributed by atoms with Crippen molar-refractivity contribution in [2.45, 2.75) is 33.4 Å². The third kappa shape index (κ3) is 3.87. The average molecular weight is 387 g/mol. The molecule has 0 amide bonds. The lowest BCUT2D eigenvalue weighted by Gasteiger charge is -2.33. The summed E-state index contributed by atoms with van der Waals surface area (Å²) in [6.07, 6.45) is -0.155. The molecule has 1 aromatic heterocycles. The summed E-state index contributed by atoms with van der Waals surface area (Å²) in [4.78, 5) is 20.8. The Kier molecular flexibility index (Phi) is 5.57. The molecule has 152 valence electrons. The number of nitrogens with one attached hydrogen (secondary N) is 1. The summed E-state index contributed by atoms with van der Waals surface area (Å²) >= 11 is 0. The molecule has 0 radical (unpaired) electrons. The molecule has 1 fully saturated rings. The first-order valence-electron chi connectivity index (χ1n) is 10.0. The topological polar surface area (TPSA) is 67.0 Å². The van der Waals surface area contributed by atoms with E-state index in [-0.39, 0.29) is 12.1 Å². The first kappa shape index (κ1) is 19.2. The van der Waals surface area contributed by atoms with Crippen LogP contribution in [0.1, 0.15) is 35.5 Å². The Labute approximate surface area is 165 Å². The molecule has 3 heterocycles. The van der Waals surface area contributed by atoms with Crippen LogP contribution < -0.4 is 4.74 Å². The van der Waals surface area contributed by atoms with E-state index >= 15 is 0 Å². The zero-order valence-electron chi connectivity index (χ0n) is 16.9. The molecule has 0 aliphatic carbocycles. The van der Waals surface area contributed by atoms with Crippen molar-refractivity contribution >= 4 is 16.9 Å². The number of nitrogens with zero attached hydrogens (tertiary/aromatic N) is 2. The Hall–Kier alpha value is -2.09. The number of benzene rings is 1. The molecular weight excluding hydrogens is 358 g/mol. The SMILES string of the molecule is Cc1[nH]c2ccc3c(c2c1C(=O)OC(C)C)CN(CCN1CCOCC1)CO3. The Morgan fingerprint density at radius 2 is 1.96 bits per heavy atom. The molecule has 4 rings (SSSR count). The smallest absolute Gasteiger partial charge is 0.340 e. The highest BCUT2D eigenvalue weighted by Crippen LogP contribution is 2.35. The molecule has 2 aliphatic heterocycles. The van der Waals surface area contributed by atoms with Crippen molar-refractivity contribution < 1.29 is 19.0 Å². The van der Waals surface area contributed by atoms with E-state index < -0.39 is 0 Å². The highest BCUT2D eigenvalue weighted by atomic mass is 16.5. The van der Waals surface area contributed by atoms with Crippen LogP contribution in [0.4, 0.5) is 0 Å². The lowest BCUT2D eigenvalue weighted by molar-refractivity contribution is 0.0242. The molecule has 0 spiro atoms. The van der Waals surface area contributed by atoms with Gasteiger partial charge in [0.15, 0.2) is 0 Å². The standard InChI is InChI=1S/C21H29N3O4/c1-14(2)28-21(25)19-15(3)22-17-4-5-18-16(20(17)19)12-24(13-27-18)7-6-23-8-10-26-11-9-23/h4-5,14,22H,6-13H2,1-3H3. The first-order chi connectivity index (χ1) is 13.5. The molecule has 2 aliphatic rings. The van der Waals surface area contributed by atoms with Gasteiger partial charge >= 0.3 is 5.97 Å². The Balaban J connectivity index is 1.58. The average Bonchev–Trinajstić information content (AvgIpc) is 3.03. The maximum Gasteiger partial charge on any atom is 0.340 e. The van der Waals surface area contributed by atoms with Gasteiger partial charge in [-0.2, -0.15) is 0 Å². The minimum Gasteiger partial charge on any atom is -0.478 e. The van der Waals surface area contributed by atoms with E-state index in [1.54, 1.807) is 0 Å². The largest absolute Gasteiger partial charge is 0.478 e. The van der Waals surface area contributed by atoms with Crippen LogP contribution in [0.25, 0.3) is 10.9 Å². The molecule has 0 atom stereocenters. The molecule has 7 heteroatoms. The van der Waals surface area contributed by atoms with Gasteiger partial charge in [-0.15, -0.1) is 0 Å². The fourth-order valence-electron chi connectivity index (χ4n) is 3.97. The van der Waals surface area contributed by atoms with Crippen molar-refractivity contribution in [2.75, 3.05) is 46.1 Å². The summed E-state index contributed by atoms with van der Waals surface area (Å²) in [6.45, 7) is 12.5. The van der Waals surface area contributed by atoms with Crippen molar-refractivity contribution in [3.05, 3.63) is 29.0 Å². The summed E-state index contributed by atoms with van der Waals surface area (Å²) in [5, 5.41) is 0.928. The van der Waals surface area contributed by atoms with Crippen LogP contribution in [0.5, 0.6) is 5.75 Å². The number of H-pyrrole nitrogens is 1. The predicted octanol–water partition coefficient (Wildman–Crippen LogP) is 2.53. The summed E-state index contributed by atoms with van der Waals surface area (Å²) in [6, 6.07) is 3.97. The van der Waals surface area contributed by atoms with E-state index in [1.165, 1.54) is 0 Å². The number of hydrogen-bond donors (Lipinski definition) is 1. The van der Waals surface area contributed by atoms with Gasteiger partial charge in [0.1, 0.15) is 12.5 Å².